The van der Waals surface area contributed by atoms with Crippen LogP contribution in [0.2, 0.25) is 0 Å². The number of imide groups is 1. The molecule has 49 heavy (non-hydrogen) atoms. The van der Waals surface area contributed by atoms with Crippen molar-refractivity contribution in [1.29, 1.82) is 0 Å². The summed E-state index contributed by atoms with van der Waals surface area (Å²) in [7, 11) is 0. The van der Waals surface area contributed by atoms with Crippen molar-refractivity contribution in [3.8, 4) is 0 Å². The van der Waals surface area contributed by atoms with Crippen molar-refractivity contribution >= 4 is 23.9 Å². The number of ether oxygens (including phenoxy) is 4. The summed E-state index contributed by atoms with van der Waals surface area (Å²) in [6, 6.07) is 11.0. The fraction of sp³-hybridized carbons (Fsp3) is 0.375. The number of nitrogens with zero attached hydrogens (tertiary/aromatic N) is 2. The van der Waals surface area contributed by atoms with Gasteiger partial charge < -0.3 is 28.3 Å². The highest BCUT2D eigenvalue weighted by Gasteiger charge is 2.77. The third-order valence-corrected chi connectivity index (χ3v) is 8.50. The van der Waals surface area contributed by atoms with Crippen molar-refractivity contribution in [3.63, 3.8) is 0 Å². The summed E-state index contributed by atoms with van der Waals surface area (Å²) in [5, 5.41) is 0. The molecule has 0 aliphatic carbocycles. The van der Waals surface area contributed by atoms with Crippen LogP contribution in [-0.2, 0) is 40.9 Å². The van der Waals surface area contributed by atoms with E-state index in [0.29, 0.717) is 11.4 Å². The number of fused-ring (bicyclic) bond motifs is 1. The van der Waals surface area contributed by atoms with E-state index in [9.17, 15) is 45.5 Å². The fourth-order valence-corrected chi connectivity index (χ4v) is 6.15. The number of rotatable bonds is 8. The number of likely N-dealkylation sites (tertiary alicyclic amines) is 1. The van der Waals surface area contributed by atoms with Crippen LogP contribution in [0, 0.1) is 0 Å². The van der Waals surface area contributed by atoms with Crippen molar-refractivity contribution in [2.45, 2.75) is 49.2 Å². The zero-order valence-corrected chi connectivity index (χ0v) is 25.2. The van der Waals surface area contributed by atoms with Gasteiger partial charge in [0.1, 0.15) is 6.10 Å². The number of carbonyl (C=O) groups excluding carboxylic acids is 4. The van der Waals surface area contributed by atoms with Crippen LogP contribution in [0.3, 0.4) is 0 Å². The Morgan fingerprint density at radius 3 is 1.90 bits per heavy atom. The van der Waals surface area contributed by atoms with Gasteiger partial charge in [-0.25, -0.2) is 14.4 Å². The Kier molecular flexibility index (Phi) is 8.69. The number of halogens is 6. The molecular weight excluding hydrogens is 670 g/mol. The molecule has 11 nitrogen and oxygen atoms in total. The summed E-state index contributed by atoms with van der Waals surface area (Å²) in [6.07, 6.45) is -10.5. The molecule has 2 aromatic carbocycles. The van der Waals surface area contributed by atoms with E-state index in [1.807, 2.05) is 4.90 Å². The molecule has 260 valence electrons. The maximum atomic E-state index is 13.5. The molecule has 3 aromatic rings. The minimum atomic E-state index is -4.69. The highest BCUT2D eigenvalue weighted by molar-refractivity contribution is 6.31. The van der Waals surface area contributed by atoms with E-state index >= 15 is 0 Å². The molecule has 2 spiro atoms. The maximum Gasteiger partial charge on any atom is 0.424 e. The second-order valence-corrected chi connectivity index (χ2v) is 11.5. The number of benzene rings is 2. The van der Waals surface area contributed by atoms with Gasteiger partial charge in [0, 0.05) is 39.1 Å². The lowest BCUT2D eigenvalue weighted by Gasteiger charge is -2.43. The van der Waals surface area contributed by atoms with Gasteiger partial charge in [-0.15, -0.1) is 0 Å². The number of carbonyl (C=O) groups is 4. The predicted octanol–water partition coefficient (Wildman–Crippen LogP) is 5.69. The Labute approximate surface area is 273 Å². The second kappa shape index (κ2) is 12.5. The van der Waals surface area contributed by atoms with Gasteiger partial charge in [-0.2, -0.15) is 31.2 Å². The number of alkyl halides is 6. The van der Waals surface area contributed by atoms with E-state index in [1.165, 1.54) is 30.5 Å². The van der Waals surface area contributed by atoms with E-state index < -0.39 is 65.0 Å². The molecule has 0 radical (unpaired) electrons. The normalized spacial score (nSPS) is 19.1. The van der Waals surface area contributed by atoms with Gasteiger partial charge in [0.2, 0.25) is 5.60 Å². The van der Waals surface area contributed by atoms with Crippen LogP contribution < -0.4 is 0 Å². The Morgan fingerprint density at radius 1 is 0.816 bits per heavy atom. The predicted molar refractivity (Wildman–Crippen MR) is 150 cm³/mol. The lowest BCUT2D eigenvalue weighted by molar-refractivity contribution is -0.277. The zero-order valence-electron chi connectivity index (χ0n) is 25.2. The zero-order chi connectivity index (χ0) is 35.2. The Balaban J connectivity index is 1.14. The molecule has 0 atom stereocenters. The molecule has 2 amide bonds. The largest absolute Gasteiger partial charge is 0.459 e. The van der Waals surface area contributed by atoms with E-state index in [-0.39, 0.29) is 55.8 Å². The summed E-state index contributed by atoms with van der Waals surface area (Å²) >= 11 is 0. The number of furan rings is 1. The van der Waals surface area contributed by atoms with E-state index in [2.05, 4.69) is 0 Å². The first-order chi connectivity index (χ1) is 23.1. The highest BCUT2D eigenvalue weighted by atomic mass is 19.4. The third-order valence-electron chi connectivity index (χ3n) is 8.50. The number of piperidine rings is 1. The van der Waals surface area contributed by atoms with Crippen LogP contribution in [0.15, 0.2) is 71.3 Å². The van der Waals surface area contributed by atoms with Crippen LogP contribution in [0.25, 0.3) is 0 Å². The minimum absolute atomic E-state index is 0.0109. The molecule has 0 N–H and O–H groups in total. The van der Waals surface area contributed by atoms with Crippen molar-refractivity contribution < 1.29 is 68.9 Å². The molecule has 0 unspecified atom stereocenters. The van der Waals surface area contributed by atoms with E-state index in [0.717, 1.165) is 36.4 Å². The lowest BCUT2D eigenvalue weighted by atomic mass is 9.87. The Morgan fingerprint density at radius 2 is 1.39 bits per heavy atom. The van der Waals surface area contributed by atoms with Gasteiger partial charge in [-0.3, -0.25) is 4.79 Å². The second-order valence-electron chi connectivity index (χ2n) is 11.5. The number of esters is 2. The molecule has 4 heterocycles. The fourth-order valence-electron chi connectivity index (χ4n) is 6.15. The van der Waals surface area contributed by atoms with E-state index in [4.69, 9.17) is 23.4 Å². The first-order valence-electron chi connectivity index (χ1n) is 14.9. The van der Waals surface area contributed by atoms with Crippen LogP contribution in [0.4, 0.5) is 31.1 Å². The molecule has 1 aromatic heterocycles. The van der Waals surface area contributed by atoms with Crippen LogP contribution >= 0.6 is 0 Å². The number of hydrogen-bond donors (Lipinski definition) is 0. The molecule has 6 rings (SSSR count). The average Bonchev–Trinajstić information content (AvgIpc) is 3.75. The van der Waals surface area contributed by atoms with Crippen LogP contribution in [0.5, 0.6) is 0 Å². The smallest absolute Gasteiger partial charge is 0.424 e. The lowest BCUT2D eigenvalue weighted by Crippen LogP contribution is -2.64. The van der Waals surface area contributed by atoms with Gasteiger partial charge in [-0.1, -0.05) is 24.3 Å². The minimum Gasteiger partial charge on any atom is -0.459 e. The number of amides is 2. The quantitative estimate of drug-likeness (QED) is 0.126. The average molecular weight is 697 g/mol. The summed E-state index contributed by atoms with van der Waals surface area (Å²) in [5.74, 6) is -6.74. The van der Waals surface area contributed by atoms with Gasteiger partial charge in [-0.05, 0) is 53.9 Å². The summed E-state index contributed by atoms with van der Waals surface area (Å²) in [4.78, 5) is 52.8. The molecule has 17 heteroatoms. The van der Waals surface area contributed by atoms with Crippen molar-refractivity contribution in [3.05, 3.63) is 94.9 Å². The number of hydrogen-bond acceptors (Lipinski definition) is 10. The van der Waals surface area contributed by atoms with Crippen molar-refractivity contribution in [2.24, 2.45) is 0 Å². The molecule has 0 saturated carbocycles. The third kappa shape index (κ3) is 6.35. The molecule has 3 saturated heterocycles. The first-order valence-corrected chi connectivity index (χ1v) is 14.9. The van der Waals surface area contributed by atoms with Gasteiger partial charge in [0.25, 0.3) is 0 Å². The van der Waals surface area contributed by atoms with Crippen LogP contribution in [-0.4, -0.2) is 71.5 Å². The van der Waals surface area contributed by atoms with Crippen molar-refractivity contribution in [2.75, 3.05) is 26.2 Å². The SMILES string of the molecule is O=C1OC2(OC1=O)N(C(=O)c1ccco1)C(=O)OC21CCN(CCCOC(c2cccc(C(F)(F)F)c2)c2cccc(C(F)(F)F)c2)CC1. The van der Waals surface area contributed by atoms with Gasteiger partial charge in [0.15, 0.2) is 5.76 Å². The van der Waals surface area contributed by atoms with Gasteiger partial charge >= 0.3 is 42.2 Å². The molecule has 3 aliphatic rings. The molecular formula is C32H26F6N2O9. The van der Waals surface area contributed by atoms with Crippen molar-refractivity contribution in [1.82, 2.24) is 9.80 Å². The summed E-state index contributed by atoms with van der Waals surface area (Å²) < 4.78 is 108. The maximum absolute atomic E-state index is 13.5. The standard InChI is InChI=1S/C32H26F6N2O9/c33-30(34,35)21-7-1-5-19(17-21)24(20-6-2-8-22(18-20)31(36,37)38)46-16-4-12-39-13-10-29(11-14-39)32(47-26(42)27(43)48-32)40(28(44)49-29)25(41)23-9-3-15-45-23/h1-3,5-9,15,17-18,24H,4,10-14,16H2. The highest BCUT2D eigenvalue weighted by Crippen LogP contribution is 2.50. The first kappa shape index (κ1) is 34.0. The summed E-state index contributed by atoms with van der Waals surface area (Å²) in [6.45, 7) is 0.608. The monoisotopic (exact) mass is 696 g/mol. The van der Waals surface area contributed by atoms with Crippen LogP contribution in [0.1, 0.15) is 58.2 Å². The summed E-state index contributed by atoms with van der Waals surface area (Å²) in [5.41, 5.74) is -3.70. The molecule has 0 bridgehead atoms. The Bertz CT molecular complexity index is 1680. The van der Waals surface area contributed by atoms with Gasteiger partial charge in [0.05, 0.1) is 17.4 Å². The van der Waals surface area contributed by atoms with E-state index in [1.54, 1.807) is 0 Å². The molecule has 3 fully saturated rings. The Hall–Kier alpha value is -4.90. The topological polar surface area (TPSA) is 125 Å². The molecule has 3 aliphatic heterocycles.